The van der Waals surface area contributed by atoms with Crippen LogP contribution in [-0.4, -0.2) is 37.5 Å². The van der Waals surface area contributed by atoms with Crippen LogP contribution in [0.5, 0.6) is 5.75 Å². The number of carbonyl (C=O) groups excluding carboxylic acids is 1. The molecule has 4 rings (SSSR count). The number of hydrogen-bond donors (Lipinski definition) is 0. The smallest absolute Gasteiger partial charge is 0.254 e. The van der Waals surface area contributed by atoms with Crippen molar-refractivity contribution in [2.45, 2.75) is 77.2 Å². The van der Waals surface area contributed by atoms with Gasteiger partial charge >= 0.3 is 0 Å². The lowest BCUT2D eigenvalue weighted by Gasteiger charge is -2.43. The van der Waals surface area contributed by atoms with E-state index in [4.69, 9.17) is 21.1 Å². The van der Waals surface area contributed by atoms with Gasteiger partial charge in [0.05, 0.1) is 18.4 Å². The molecule has 0 saturated heterocycles. The van der Waals surface area contributed by atoms with Crippen molar-refractivity contribution in [2.24, 2.45) is 22.1 Å². The van der Waals surface area contributed by atoms with Gasteiger partial charge in [0.1, 0.15) is 5.75 Å². The molecular weight excluding hydrogens is 556 g/mol. The summed E-state index contributed by atoms with van der Waals surface area (Å²) in [7, 11) is 0.145. The normalized spacial score (nSPS) is 22.1. The van der Waals surface area contributed by atoms with Gasteiger partial charge in [-0.1, -0.05) is 37.2 Å². The average Bonchev–Trinajstić information content (AvgIpc) is 2.97. The number of amides is 1. The maximum atomic E-state index is 13.3. The predicted octanol–water partition coefficient (Wildman–Crippen LogP) is 7.05. The van der Waals surface area contributed by atoms with Gasteiger partial charge in [0.25, 0.3) is 5.91 Å². The first-order valence-electron chi connectivity index (χ1n) is 14.8. The highest BCUT2D eigenvalue weighted by Crippen LogP contribution is 2.41. The molecule has 2 aromatic carbocycles. The van der Waals surface area contributed by atoms with Crippen molar-refractivity contribution < 1.29 is 30.1 Å². The molecule has 1 fully saturated rings. The molecule has 0 spiro atoms. The van der Waals surface area contributed by atoms with Crippen LogP contribution in [0, 0.1) is 29.4 Å². The van der Waals surface area contributed by atoms with Gasteiger partial charge in [-0.3, -0.25) is 4.79 Å². The van der Waals surface area contributed by atoms with Crippen LogP contribution in [0.15, 0.2) is 53.4 Å². The van der Waals surface area contributed by atoms with Crippen molar-refractivity contribution in [3.63, 3.8) is 0 Å². The molecule has 0 N–H and O–H groups in total. The number of anilines is 1. The Bertz CT molecular complexity index is 1310. The highest BCUT2D eigenvalue weighted by Gasteiger charge is 2.37. The second kappa shape index (κ2) is 14.7. The lowest BCUT2D eigenvalue weighted by Crippen LogP contribution is -2.43. The molecule has 1 aliphatic carbocycles. The minimum absolute atomic E-state index is 0.113. The molecule has 1 amide bonds. The van der Waals surface area contributed by atoms with Gasteiger partial charge < -0.3 is 22.9 Å². The van der Waals surface area contributed by atoms with E-state index in [1.165, 1.54) is 11.1 Å². The summed E-state index contributed by atoms with van der Waals surface area (Å²) in [6.45, 7) is 11.9. The first-order chi connectivity index (χ1) is 19.7. The zero-order chi connectivity index (χ0) is 29.5. The van der Waals surface area contributed by atoms with Crippen LogP contribution in [0.2, 0.25) is 5.02 Å². The topological polar surface area (TPSA) is 68.2 Å². The Kier molecular flexibility index (Phi) is 11.3. The Morgan fingerprint density at radius 2 is 2.00 bits per heavy atom. The number of fused-ring (bicyclic) bond motifs is 2. The van der Waals surface area contributed by atoms with Crippen molar-refractivity contribution in [3.05, 3.63) is 70.8 Å². The second-order valence-electron chi connectivity index (χ2n) is 11.6. The fourth-order valence-electron chi connectivity index (χ4n) is 5.83. The standard InChI is InChI=1S/C33H45ClN2O4S/c1-6-9-22(2)24(4)41(38)35-33(37)26-13-16-32-31(19-26)36(21-28-12-15-30(28)23(3)39-5)20-27-11-14-29(34)18-25(27)10-7-8-17-40-32/h6,11,13-14,16,18-19,22-24,28,30,34H,1,7-10,12,15,17,20-21H2,2-5H3. The molecule has 0 aromatic heterocycles. The fourth-order valence-corrected chi connectivity index (χ4v) is 6.98. The van der Waals surface area contributed by atoms with E-state index in [1.54, 1.807) is 13.2 Å². The summed E-state index contributed by atoms with van der Waals surface area (Å²) < 4.78 is 29.1. The van der Waals surface area contributed by atoms with E-state index in [2.05, 4.69) is 34.9 Å². The van der Waals surface area contributed by atoms with Gasteiger partial charge in [0.2, 0.25) is 5.02 Å². The summed E-state index contributed by atoms with van der Waals surface area (Å²) in [4.78, 5) is 15.7. The molecule has 41 heavy (non-hydrogen) atoms. The van der Waals surface area contributed by atoms with Crippen molar-refractivity contribution in [1.29, 1.82) is 0 Å². The molecule has 5 atom stereocenters. The summed E-state index contributed by atoms with van der Waals surface area (Å²) in [6, 6.07) is 11.8. The van der Waals surface area contributed by atoms with Crippen molar-refractivity contribution in [1.82, 2.24) is 0 Å². The van der Waals surface area contributed by atoms with Crippen molar-refractivity contribution in [3.8, 4) is 5.75 Å². The average molecular weight is 601 g/mol. The van der Waals surface area contributed by atoms with E-state index in [0.717, 1.165) is 61.5 Å². The molecule has 8 heteroatoms. The number of rotatable bonds is 9. The van der Waals surface area contributed by atoms with E-state index in [1.807, 2.05) is 38.1 Å². The molecule has 2 aliphatic rings. The molecule has 1 aliphatic heterocycles. The lowest BCUT2D eigenvalue weighted by molar-refractivity contribution is -0.289. The number of ether oxygens (including phenoxy) is 2. The van der Waals surface area contributed by atoms with E-state index >= 15 is 0 Å². The molecule has 0 radical (unpaired) electrons. The van der Waals surface area contributed by atoms with Gasteiger partial charge in [-0.2, -0.15) is 10.6 Å². The van der Waals surface area contributed by atoms with Crippen molar-refractivity contribution in [2.75, 3.05) is 25.2 Å². The minimum Gasteiger partial charge on any atom is -0.491 e. The predicted molar refractivity (Wildman–Crippen MR) is 164 cm³/mol. The maximum absolute atomic E-state index is 13.3. The number of methoxy groups -OCH3 is 1. The van der Waals surface area contributed by atoms with Crippen LogP contribution in [0.1, 0.15) is 74.4 Å². The van der Waals surface area contributed by atoms with Gasteiger partial charge in [0.15, 0.2) is 11.6 Å². The molecule has 1 heterocycles. The summed E-state index contributed by atoms with van der Waals surface area (Å²) in [5.74, 6) is 1.35. The van der Waals surface area contributed by atoms with Gasteiger partial charge in [-0.15, -0.1) is 6.58 Å². The Morgan fingerprint density at radius 3 is 2.71 bits per heavy atom. The lowest BCUT2D eigenvalue weighted by atomic mass is 9.70. The van der Waals surface area contributed by atoms with Crippen LogP contribution in [0.3, 0.4) is 0 Å². The van der Waals surface area contributed by atoms with Crippen LogP contribution in [-0.2, 0) is 32.5 Å². The third-order valence-corrected chi connectivity index (χ3v) is 10.6. The SMILES string of the molecule is C=CCC(C)C(C)[S-](=O)=NC(=O)c1ccc2c(c1)N(CC1CCC1C(C)OC)Cc1ccc([ClH+])cc1CCCCO2. The largest absolute Gasteiger partial charge is 0.491 e. The fraction of sp³-hybridized carbons (Fsp3) is 0.545. The highest BCUT2D eigenvalue weighted by molar-refractivity contribution is 7.75. The molecule has 1 saturated carbocycles. The van der Waals surface area contributed by atoms with Gasteiger partial charge in [-0.25, -0.2) is 0 Å². The molecule has 0 bridgehead atoms. The van der Waals surface area contributed by atoms with Crippen LogP contribution in [0.25, 0.3) is 0 Å². The Hall–Kier alpha value is -2.35. The van der Waals surface area contributed by atoms with Crippen molar-refractivity contribution >= 4 is 22.2 Å². The number of allylic oxidation sites excluding steroid dienone is 1. The third-order valence-electron chi connectivity index (χ3n) is 8.92. The Morgan fingerprint density at radius 1 is 1.20 bits per heavy atom. The number of nitrogens with zero attached hydrogens (tertiary/aromatic N) is 2. The second-order valence-corrected chi connectivity index (χ2v) is 13.6. The van der Waals surface area contributed by atoms with Crippen LogP contribution in [0.4, 0.5) is 5.69 Å². The number of benzene rings is 2. The first-order valence-corrected chi connectivity index (χ1v) is 16.4. The third kappa shape index (κ3) is 7.94. The van der Waals surface area contributed by atoms with E-state index in [0.29, 0.717) is 30.6 Å². The number of hydrogen-bond acceptors (Lipinski definition) is 6. The molecular formula is C33H45ClN2O4S. The number of halogens is 1. The maximum Gasteiger partial charge on any atom is 0.254 e. The molecule has 6 nitrogen and oxygen atoms in total. The minimum atomic E-state index is -1.64. The van der Waals surface area contributed by atoms with Gasteiger partial charge in [-0.05, 0) is 86.6 Å². The van der Waals surface area contributed by atoms with Gasteiger partial charge in [0, 0.05) is 37.9 Å². The van der Waals surface area contributed by atoms with Crippen LogP contribution >= 0.6 is 0 Å². The molecule has 2 aromatic rings. The Balaban J connectivity index is 1.72. The molecule has 224 valence electrons. The zero-order valence-electron chi connectivity index (χ0n) is 24.8. The molecule has 5 unspecified atom stereocenters. The summed E-state index contributed by atoms with van der Waals surface area (Å²) in [5.41, 5.74) is 3.81. The Labute approximate surface area is 252 Å². The van der Waals surface area contributed by atoms with E-state index < -0.39 is 16.5 Å². The van der Waals surface area contributed by atoms with Crippen LogP contribution < -0.4 is 9.64 Å². The zero-order valence-corrected chi connectivity index (χ0v) is 26.5. The number of carbonyl (C=O) groups is 1. The summed E-state index contributed by atoms with van der Waals surface area (Å²) >= 11 is 5.51. The van der Waals surface area contributed by atoms with E-state index in [9.17, 15) is 9.00 Å². The quantitative estimate of drug-likeness (QED) is 0.228. The summed E-state index contributed by atoms with van der Waals surface area (Å²) in [5, 5.41) is 0.607. The summed E-state index contributed by atoms with van der Waals surface area (Å²) in [6.07, 6.45) is 7.90. The van der Waals surface area contributed by atoms with E-state index in [-0.39, 0.29) is 17.3 Å². The number of aryl methyl sites for hydroxylation is 1. The monoisotopic (exact) mass is 600 g/mol. The highest BCUT2D eigenvalue weighted by atomic mass is 35.5. The first kappa shape index (κ1) is 31.6.